The van der Waals surface area contributed by atoms with Gasteiger partial charge in [-0.2, -0.15) is 5.26 Å². The van der Waals surface area contributed by atoms with E-state index < -0.39 is 5.82 Å². The molecular formula is C15H12FNO. The average molecular weight is 241 g/mol. The Hall–Kier alpha value is -2.34. The van der Waals surface area contributed by atoms with Gasteiger partial charge in [-0.05, 0) is 36.8 Å². The molecular weight excluding hydrogens is 229 g/mol. The Morgan fingerprint density at radius 2 is 2.06 bits per heavy atom. The molecule has 0 saturated carbocycles. The Kier molecular flexibility index (Phi) is 3.59. The maximum absolute atomic E-state index is 13.6. The van der Waals surface area contributed by atoms with Crippen LogP contribution in [0.5, 0.6) is 5.75 Å². The first kappa shape index (κ1) is 12.1. The third-order valence-electron chi connectivity index (χ3n) is 2.57. The summed E-state index contributed by atoms with van der Waals surface area (Å²) in [6.07, 6.45) is 0. The summed E-state index contributed by atoms with van der Waals surface area (Å²) in [5, 5.41) is 8.64. The highest BCUT2D eigenvalue weighted by molar-refractivity contribution is 5.33. The minimum atomic E-state index is -0.415. The normalized spacial score (nSPS) is 9.83. The molecule has 0 saturated heterocycles. The largest absolute Gasteiger partial charge is 0.489 e. The fourth-order valence-corrected chi connectivity index (χ4v) is 1.60. The molecule has 0 aromatic heterocycles. The Morgan fingerprint density at radius 3 is 2.72 bits per heavy atom. The van der Waals surface area contributed by atoms with Crippen molar-refractivity contribution < 1.29 is 9.13 Å². The van der Waals surface area contributed by atoms with Gasteiger partial charge in [0.25, 0.3) is 0 Å². The van der Waals surface area contributed by atoms with Crippen LogP contribution in [0.1, 0.15) is 16.7 Å². The second-order valence-corrected chi connectivity index (χ2v) is 4.02. The van der Waals surface area contributed by atoms with Crippen LogP contribution in [0, 0.1) is 24.1 Å². The summed E-state index contributed by atoms with van der Waals surface area (Å²) in [5.74, 6) is 0.292. The molecule has 0 aliphatic rings. The topological polar surface area (TPSA) is 33.0 Å². The van der Waals surface area contributed by atoms with Gasteiger partial charge in [0, 0.05) is 5.56 Å². The number of halogens is 1. The fourth-order valence-electron chi connectivity index (χ4n) is 1.60. The highest BCUT2D eigenvalue weighted by Crippen LogP contribution is 2.16. The monoisotopic (exact) mass is 241 g/mol. The number of ether oxygens (including phenoxy) is 1. The molecule has 18 heavy (non-hydrogen) atoms. The highest BCUT2D eigenvalue weighted by Gasteiger charge is 2.04. The highest BCUT2D eigenvalue weighted by atomic mass is 19.1. The molecule has 3 heteroatoms. The summed E-state index contributed by atoms with van der Waals surface area (Å²) in [5.41, 5.74) is 1.84. The number of aryl methyl sites for hydroxylation is 1. The van der Waals surface area contributed by atoms with Crippen LogP contribution in [0.4, 0.5) is 4.39 Å². The van der Waals surface area contributed by atoms with Gasteiger partial charge in [-0.1, -0.05) is 18.2 Å². The van der Waals surface area contributed by atoms with E-state index in [0.29, 0.717) is 16.9 Å². The summed E-state index contributed by atoms with van der Waals surface area (Å²) in [6.45, 7) is 2.12. The van der Waals surface area contributed by atoms with Crippen molar-refractivity contribution in [2.75, 3.05) is 0 Å². The van der Waals surface area contributed by atoms with Crippen molar-refractivity contribution in [3.8, 4) is 11.8 Å². The number of nitrogens with zero attached hydrogens (tertiary/aromatic N) is 1. The van der Waals surface area contributed by atoms with Gasteiger partial charge < -0.3 is 4.74 Å². The molecule has 2 nitrogen and oxygen atoms in total. The standard InChI is InChI=1S/C15H12FNO/c1-11-3-2-4-14(7-11)18-10-13-6-5-12(9-17)8-15(13)16/h2-8H,10H2,1H3. The lowest BCUT2D eigenvalue weighted by atomic mass is 10.1. The van der Waals surface area contributed by atoms with Crippen molar-refractivity contribution in [2.24, 2.45) is 0 Å². The molecule has 2 aromatic rings. The van der Waals surface area contributed by atoms with Gasteiger partial charge in [0.05, 0.1) is 11.6 Å². The van der Waals surface area contributed by atoms with E-state index in [1.54, 1.807) is 12.1 Å². The van der Waals surface area contributed by atoms with Gasteiger partial charge in [0.15, 0.2) is 0 Å². The van der Waals surface area contributed by atoms with Crippen molar-refractivity contribution in [2.45, 2.75) is 13.5 Å². The van der Waals surface area contributed by atoms with Crippen LogP contribution in [-0.4, -0.2) is 0 Å². The molecule has 2 aromatic carbocycles. The zero-order valence-corrected chi connectivity index (χ0v) is 9.98. The molecule has 0 spiro atoms. The lowest BCUT2D eigenvalue weighted by Crippen LogP contribution is -1.99. The Labute approximate surface area is 105 Å². The number of rotatable bonds is 3. The van der Waals surface area contributed by atoms with Crippen LogP contribution >= 0.6 is 0 Å². The minimum Gasteiger partial charge on any atom is -0.489 e. The van der Waals surface area contributed by atoms with Crippen LogP contribution in [0.2, 0.25) is 0 Å². The van der Waals surface area contributed by atoms with Crippen molar-refractivity contribution in [3.63, 3.8) is 0 Å². The SMILES string of the molecule is Cc1cccc(OCc2ccc(C#N)cc2F)c1. The maximum Gasteiger partial charge on any atom is 0.131 e. The molecule has 2 rings (SSSR count). The lowest BCUT2D eigenvalue weighted by Gasteiger charge is -2.07. The molecule has 90 valence electrons. The molecule has 0 heterocycles. The van der Waals surface area contributed by atoms with Crippen LogP contribution in [0.25, 0.3) is 0 Å². The first-order valence-corrected chi connectivity index (χ1v) is 5.57. The van der Waals surface area contributed by atoms with Crippen LogP contribution in [-0.2, 0) is 6.61 Å². The van der Waals surface area contributed by atoms with E-state index in [9.17, 15) is 4.39 Å². The zero-order chi connectivity index (χ0) is 13.0. The minimum absolute atomic E-state index is 0.154. The van der Waals surface area contributed by atoms with E-state index in [-0.39, 0.29) is 6.61 Å². The zero-order valence-electron chi connectivity index (χ0n) is 9.98. The number of hydrogen-bond acceptors (Lipinski definition) is 2. The van der Waals surface area contributed by atoms with Crippen LogP contribution in [0.15, 0.2) is 42.5 Å². The van der Waals surface area contributed by atoms with Gasteiger partial charge in [-0.3, -0.25) is 0 Å². The lowest BCUT2D eigenvalue weighted by molar-refractivity contribution is 0.299. The first-order valence-electron chi connectivity index (χ1n) is 5.57. The van der Waals surface area contributed by atoms with E-state index in [0.717, 1.165) is 5.56 Å². The molecule has 0 aliphatic carbocycles. The second-order valence-electron chi connectivity index (χ2n) is 4.02. The van der Waals surface area contributed by atoms with Crippen molar-refractivity contribution in [1.82, 2.24) is 0 Å². The van der Waals surface area contributed by atoms with E-state index in [2.05, 4.69) is 0 Å². The molecule has 0 N–H and O–H groups in total. The van der Waals surface area contributed by atoms with Crippen molar-refractivity contribution in [1.29, 1.82) is 5.26 Å². The van der Waals surface area contributed by atoms with E-state index in [1.165, 1.54) is 6.07 Å². The van der Waals surface area contributed by atoms with Crippen LogP contribution < -0.4 is 4.74 Å². The molecule has 0 radical (unpaired) electrons. The smallest absolute Gasteiger partial charge is 0.131 e. The summed E-state index contributed by atoms with van der Waals surface area (Å²) < 4.78 is 19.1. The molecule has 0 bridgehead atoms. The first-order chi connectivity index (χ1) is 8.69. The molecule has 0 atom stereocenters. The van der Waals surface area contributed by atoms with Gasteiger partial charge in [0.2, 0.25) is 0 Å². The van der Waals surface area contributed by atoms with Gasteiger partial charge in [-0.15, -0.1) is 0 Å². The number of benzene rings is 2. The molecule has 0 unspecified atom stereocenters. The third-order valence-corrected chi connectivity index (χ3v) is 2.57. The number of nitriles is 1. The Morgan fingerprint density at radius 1 is 1.22 bits per heavy atom. The van der Waals surface area contributed by atoms with Crippen molar-refractivity contribution in [3.05, 3.63) is 65.0 Å². The van der Waals surface area contributed by atoms with Gasteiger partial charge >= 0.3 is 0 Å². The second kappa shape index (κ2) is 5.33. The maximum atomic E-state index is 13.6. The summed E-state index contributed by atoms with van der Waals surface area (Å²) in [7, 11) is 0. The van der Waals surface area contributed by atoms with E-state index in [1.807, 2.05) is 37.3 Å². The Balaban J connectivity index is 2.09. The average Bonchev–Trinajstić information content (AvgIpc) is 2.37. The predicted octanol–water partition coefficient (Wildman–Crippen LogP) is 3.58. The number of hydrogen-bond donors (Lipinski definition) is 0. The molecule has 0 aliphatic heterocycles. The molecule has 0 fully saturated rings. The van der Waals surface area contributed by atoms with Crippen LogP contribution in [0.3, 0.4) is 0 Å². The van der Waals surface area contributed by atoms with Gasteiger partial charge in [-0.25, -0.2) is 4.39 Å². The summed E-state index contributed by atoms with van der Waals surface area (Å²) in [4.78, 5) is 0. The fraction of sp³-hybridized carbons (Fsp3) is 0.133. The summed E-state index contributed by atoms with van der Waals surface area (Å²) in [6, 6.07) is 13.8. The third kappa shape index (κ3) is 2.86. The van der Waals surface area contributed by atoms with E-state index in [4.69, 9.17) is 10.00 Å². The van der Waals surface area contributed by atoms with E-state index >= 15 is 0 Å². The summed E-state index contributed by atoms with van der Waals surface area (Å²) >= 11 is 0. The Bertz CT molecular complexity index is 602. The quantitative estimate of drug-likeness (QED) is 0.822. The van der Waals surface area contributed by atoms with Gasteiger partial charge in [0.1, 0.15) is 18.2 Å². The predicted molar refractivity (Wildman–Crippen MR) is 66.6 cm³/mol. The molecule has 0 amide bonds. The van der Waals surface area contributed by atoms with Crippen molar-refractivity contribution >= 4 is 0 Å².